The van der Waals surface area contributed by atoms with Gasteiger partial charge in [-0.3, -0.25) is 14.5 Å². The highest BCUT2D eigenvalue weighted by Crippen LogP contribution is 2.02. The van der Waals surface area contributed by atoms with Crippen LogP contribution in [-0.2, 0) is 47.5 Å². The SMILES string of the molecule is O=C(OCCOCCOCCOCCOCCOCCOCCOCCN1C(=O)C=CC1=O)c1ccccc1. The smallest absolute Gasteiger partial charge is 0.338 e. The molecule has 0 atom stereocenters. The number of carbonyl (C=O) groups excluding carboxylic acids is 3. The van der Waals surface area contributed by atoms with Gasteiger partial charge < -0.3 is 37.9 Å². The summed E-state index contributed by atoms with van der Waals surface area (Å²) in [5.74, 6) is -0.982. The molecule has 39 heavy (non-hydrogen) atoms. The van der Waals surface area contributed by atoms with E-state index in [1.807, 2.05) is 6.07 Å². The van der Waals surface area contributed by atoms with Crippen molar-refractivity contribution >= 4 is 17.8 Å². The maximum Gasteiger partial charge on any atom is 0.338 e. The molecule has 0 aliphatic carbocycles. The van der Waals surface area contributed by atoms with E-state index < -0.39 is 0 Å². The van der Waals surface area contributed by atoms with Crippen molar-refractivity contribution in [2.45, 2.75) is 0 Å². The van der Waals surface area contributed by atoms with Gasteiger partial charge in [0.1, 0.15) is 6.61 Å². The van der Waals surface area contributed by atoms with E-state index in [-0.39, 0.29) is 37.5 Å². The number of esters is 1. The average molecular weight is 554 g/mol. The lowest BCUT2D eigenvalue weighted by Crippen LogP contribution is -2.33. The second-order valence-corrected chi connectivity index (χ2v) is 7.95. The fourth-order valence-corrected chi connectivity index (χ4v) is 3.08. The summed E-state index contributed by atoms with van der Waals surface area (Å²) in [5, 5.41) is 0. The second-order valence-electron chi connectivity index (χ2n) is 7.95. The first-order valence-corrected chi connectivity index (χ1v) is 13.0. The Bertz CT molecular complexity index is 816. The summed E-state index contributed by atoms with van der Waals surface area (Å²) in [5.41, 5.74) is 0.519. The second kappa shape index (κ2) is 22.1. The lowest BCUT2D eigenvalue weighted by atomic mass is 10.2. The number of ether oxygens (including phenoxy) is 8. The van der Waals surface area contributed by atoms with E-state index >= 15 is 0 Å². The number of rotatable bonds is 25. The molecule has 0 radical (unpaired) electrons. The summed E-state index contributed by atoms with van der Waals surface area (Å²) < 4.78 is 42.9. The Balaban J connectivity index is 1.20. The molecule has 1 aliphatic heterocycles. The van der Waals surface area contributed by atoms with Gasteiger partial charge in [0.05, 0.1) is 105 Å². The number of nitrogens with zero attached hydrogens (tertiary/aromatic N) is 1. The predicted molar refractivity (Wildman–Crippen MR) is 138 cm³/mol. The first-order chi connectivity index (χ1) is 19.2. The molecule has 1 aromatic rings. The molecule has 0 aromatic heterocycles. The van der Waals surface area contributed by atoms with E-state index in [9.17, 15) is 14.4 Å². The van der Waals surface area contributed by atoms with Crippen molar-refractivity contribution in [3.8, 4) is 0 Å². The number of benzene rings is 1. The van der Waals surface area contributed by atoms with Gasteiger partial charge in [-0.1, -0.05) is 18.2 Å². The molecule has 0 spiro atoms. The van der Waals surface area contributed by atoms with Crippen molar-refractivity contribution in [2.24, 2.45) is 0 Å². The van der Waals surface area contributed by atoms with Crippen LogP contribution < -0.4 is 0 Å². The van der Waals surface area contributed by atoms with E-state index in [1.54, 1.807) is 24.3 Å². The van der Waals surface area contributed by atoms with E-state index in [2.05, 4.69) is 0 Å². The maximum atomic E-state index is 11.7. The summed E-state index contributed by atoms with van der Waals surface area (Å²) in [6.07, 6.45) is 2.50. The molecule has 0 unspecified atom stereocenters. The molecule has 1 aromatic carbocycles. The lowest BCUT2D eigenvalue weighted by Gasteiger charge is -2.13. The lowest BCUT2D eigenvalue weighted by molar-refractivity contribution is -0.137. The summed E-state index contributed by atoms with van der Waals surface area (Å²) in [7, 11) is 0. The Morgan fingerprint density at radius 2 is 0.872 bits per heavy atom. The van der Waals surface area contributed by atoms with Gasteiger partial charge in [-0.25, -0.2) is 4.79 Å². The third kappa shape index (κ3) is 16.1. The summed E-state index contributed by atoms with van der Waals surface area (Å²) >= 11 is 0. The molecule has 1 aliphatic rings. The minimum absolute atomic E-state index is 0.194. The monoisotopic (exact) mass is 553 g/mol. The Morgan fingerprint density at radius 1 is 0.513 bits per heavy atom. The molecule has 218 valence electrons. The fraction of sp³-hybridized carbons (Fsp3) is 0.593. The number of imide groups is 1. The van der Waals surface area contributed by atoms with Crippen molar-refractivity contribution in [3.05, 3.63) is 48.0 Å². The first kappa shape index (κ1) is 32.5. The molecule has 2 rings (SSSR count). The standard InChI is InChI=1S/C27H39NO11/c29-25-6-7-26(30)28(25)8-9-32-10-11-33-12-13-34-14-15-35-16-17-36-18-19-37-20-21-38-22-23-39-27(31)24-4-2-1-3-5-24/h1-7H,8-23H2. The van der Waals surface area contributed by atoms with Crippen LogP contribution in [0.15, 0.2) is 42.5 Å². The van der Waals surface area contributed by atoms with Crippen LogP contribution in [-0.4, -0.2) is 128 Å². The summed E-state index contributed by atoms with van der Waals surface area (Å²) in [6, 6.07) is 8.82. The van der Waals surface area contributed by atoms with Crippen LogP contribution in [0.2, 0.25) is 0 Å². The number of amides is 2. The molecule has 1 heterocycles. The van der Waals surface area contributed by atoms with Crippen LogP contribution >= 0.6 is 0 Å². The summed E-state index contributed by atoms with van der Waals surface area (Å²) in [4.78, 5) is 35.6. The van der Waals surface area contributed by atoms with Crippen molar-refractivity contribution in [1.29, 1.82) is 0 Å². The highest BCUT2D eigenvalue weighted by molar-refractivity contribution is 6.12. The Morgan fingerprint density at radius 3 is 1.28 bits per heavy atom. The van der Waals surface area contributed by atoms with Crippen LogP contribution in [0.5, 0.6) is 0 Å². The molecule has 0 saturated carbocycles. The van der Waals surface area contributed by atoms with Gasteiger partial charge >= 0.3 is 5.97 Å². The van der Waals surface area contributed by atoms with Crippen LogP contribution in [0.25, 0.3) is 0 Å². The highest BCUT2D eigenvalue weighted by atomic mass is 16.6. The zero-order chi connectivity index (χ0) is 27.8. The van der Waals surface area contributed by atoms with Gasteiger partial charge in [-0.15, -0.1) is 0 Å². The third-order valence-corrected chi connectivity index (χ3v) is 5.06. The number of hydrogen-bond donors (Lipinski definition) is 0. The topological polar surface area (TPSA) is 128 Å². The summed E-state index contributed by atoms with van der Waals surface area (Å²) in [6.45, 7) is 6.29. The maximum absolute atomic E-state index is 11.7. The fourth-order valence-electron chi connectivity index (χ4n) is 3.08. The zero-order valence-electron chi connectivity index (χ0n) is 22.3. The van der Waals surface area contributed by atoms with E-state index in [1.165, 1.54) is 12.2 Å². The molecule has 12 nitrogen and oxygen atoms in total. The molecule has 0 bridgehead atoms. The van der Waals surface area contributed by atoms with Crippen molar-refractivity contribution in [2.75, 3.05) is 106 Å². The first-order valence-electron chi connectivity index (χ1n) is 13.0. The van der Waals surface area contributed by atoms with Gasteiger partial charge in [0.15, 0.2) is 0 Å². The molecular formula is C27H39NO11. The van der Waals surface area contributed by atoms with Crippen LogP contribution in [0.1, 0.15) is 10.4 Å². The molecule has 12 heteroatoms. The molecule has 0 saturated heterocycles. The minimum Gasteiger partial charge on any atom is -0.460 e. The molecule has 0 N–H and O–H groups in total. The van der Waals surface area contributed by atoms with Gasteiger partial charge in [-0.2, -0.15) is 0 Å². The van der Waals surface area contributed by atoms with Crippen LogP contribution in [0.4, 0.5) is 0 Å². The minimum atomic E-state index is -0.363. The van der Waals surface area contributed by atoms with Crippen molar-refractivity contribution < 1.29 is 52.3 Å². The van der Waals surface area contributed by atoms with Crippen molar-refractivity contribution in [1.82, 2.24) is 4.90 Å². The van der Waals surface area contributed by atoms with Crippen LogP contribution in [0, 0.1) is 0 Å². The largest absolute Gasteiger partial charge is 0.460 e. The van der Waals surface area contributed by atoms with Crippen molar-refractivity contribution in [3.63, 3.8) is 0 Å². The van der Waals surface area contributed by atoms with Gasteiger partial charge in [0, 0.05) is 12.2 Å². The van der Waals surface area contributed by atoms with Gasteiger partial charge in [-0.05, 0) is 12.1 Å². The van der Waals surface area contributed by atoms with Gasteiger partial charge in [0.2, 0.25) is 0 Å². The van der Waals surface area contributed by atoms with E-state index in [0.29, 0.717) is 91.5 Å². The van der Waals surface area contributed by atoms with Gasteiger partial charge in [0.25, 0.3) is 11.8 Å². The molecular weight excluding hydrogens is 514 g/mol. The molecule has 2 amide bonds. The Kier molecular flexibility index (Phi) is 18.5. The number of hydrogen-bond acceptors (Lipinski definition) is 11. The Hall–Kier alpha value is -2.71. The van der Waals surface area contributed by atoms with Crippen LogP contribution in [0.3, 0.4) is 0 Å². The third-order valence-electron chi connectivity index (χ3n) is 5.06. The average Bonchev–Trinajstić information content (AvgIpc) is 3.27. The quantitative estimate of drug-likeness (QED) is 0.0972. The zero-order valence-corrected chi connectivity index (χ0v) is 22.3. The Labute approximate surface area is 229 Å². The number of carbonyl (C=O) groups is 3. The predicted octanol–water partition coefficient (Wildman–Crippen LogP) is 0.885. The van der Waals surface area contributed by atoms with E-state index in [0.717, 1.165) is 4.90 Å². The normalized spacial score (nSPS) is 13.0. The van der Waals surface area contributed by atoms with E-state index in [4.69, 9.17) is 37.9 Å². The highest BCUT2D eigenvalue weighted by Gasteiger charge is 2.22. The molecule has 0 fully saturated rings.